The monoisotopic (exact) mass is 248 g/mol. The molecule has 0 radical (unpaired) electrons. The van der Waals surface area contributed by atoms with Crippen LogP contribution < -0.4 is 0 Å². The van der Waals surface area contributed by atoms with Gasteiger partial charge in [-0.15, -0.1) is 0 Å². The number of hydrogen-bond acceptors (Lipinski definition) is 3. The molecule has 3 nitrogen and oxygen atoms in total. The predicted octanol–water partition coefficient (Wildman–Crippen LogP) is 2.53. The number of ether oxygens (including phenoxy) is 1. The van der Waals surface area contributed by atoms with Gasteiger partial charge in [0, 0.05) is 13.0 Å². The van der Waals surface area contributed by atoms with E-state index in [-0.39, 0.29) is 12.6 Å². The van der Waals surface area contributed by atoms with Crippen molar-refractivity contribution in [3.05, 3.63) is 35.9 Å². The van der Waals surface area contributed by atoms with Crippen molar-refractivity contribution in [2.75, 3.05) is 6.61 Å². The first-order valence-corrected chi connectivity index (χ1v) is 6.58. The van der Waals surface area contributed by atoms with Crippen LogP contribution >= 0.6 is 0 Å². The van der Waals surface area contributed by atoms with Crippen LogP contribution in [-0.4, -0.2) is 17.7 Å². The lowest BCUT2D eigenvalue weighted by molar-refractivity contribution is -0.146. The fourth-order valence-corrected chi connectivity index (χ4v) is 2.56. The van der Waals surface area contributed by atoms with Crippen molar-refractivity contribution in [3.63, 3.8) is 0 Å². The summed E-state index contributed by atoms with van der Waals surface area (Å²) >= 11 is 0. The molecule has 0 spiro atoms. The summed E-state index contributed by atoms with van der Waals surface area (Å²) in [6.07, 6.45) is 3.51. The quantitative estimate of drug-likeness (QED) is 0.814. The first-order chi connectivity index (χ1) is 8.78. The zero-order valence-electron chi connectivity index (χ0n) is 10.5. The Morgan fingerprint density at radius 3 is 2.61 bits per heavy atom. The van der Waals surface area contributed by atoms with Crippen LogP contribution in [0.4, 0.5) is 0 Å². The van der Waals surface area contributed by atoms with Crippen molar-refractivity contribution < 1.29 is 14.6 Å². The number of aliphatic hydroxyl groups is 1. The number of rotatable bonds is 5. The highest BCUT2D eigenvalue weighted by Gasteiger charge is 2.26. The molecule has 0 saturated heterocycles. The van der Waals surface area contributed by atoms with Crippen molar-refractivity contribution in [2.45, 2.75) is 32.3 Å². The van der Waals surface area contributed by atoms with Gasteiger partial charge in [0.15, 0.2) is 0 Å². The molecule has 0 heterocycles. The van der Waals surface area contributed by atoms with E-state index in [4.69, 9.17) is 9.84 Å². The first kappa shape index (κ1) is 13.1. The Hall–Kier alpha value is -1.35. The van der Waals surface area contributed by atoms with Gasteiger partial charge < -0.3 is 9.84 Å². The first-order valence-electron chi connectivity index (χ1n) is 6.58. The van der Waals surface area contributed by atoms with Gasteiger partial charge in [0.25, 0.3) is 0 Å². The number of carbonyl (C=O) groups is 1. The van der Waals surface area contributed by atoms with E-state index < -0.39 is 0 Å². The molecule has 98 valence electrons. The van der Waals surface area contributed by atoms with Crippen molar-refractivity contribution >= 4 is 5.97 Å². The third kappa shape index (κ3) is 3.84. The van der Waals surface area contributed by atoms with Gasteiger partial charge in [0.1, 0.15) is 6.61 Å². The molecule has 1 aliphatic rings. The van der Waals surface area contributed by atoms with Crippen LogP contribution in [0, 0.1) is 11.8 Å². The maximum atomic E-state index is 11.7. The second kappa shape index (κ2) is 6.55. The molecule has 0 bridgehead atoms. The summed E-state index contributed by atoms with van der Waals surface area (Å²) in [4.78, 5) is 11.7. The molecule has 1 saturated carbocycles. The molecular formula is C15H20O3. The van der Waals surface area contributed by atoms with E-state index in [0.717, 1.165) is 24.8 Å². The Morgan fingerprint density at radius 1 is 1.22 bits per heavy atom. The van der Waals surface area contributed by atoms with Gasteiger partial charge in [-0.25, -0.2) is 0 Å². The van der Waals surface area contributed by atoms with E-state index in [1.165, 1.54) is 0 Å². The molecular weight excluding hydrogens is 228 g/mol. The minimum atomic E-state index is -0.123. The molecule has 1 aromatic carbocycles. The van der Waals surface area contributed by atoms with Gasteiger partial charge in [-0.2, -0.15) is 0 Å². The van der Waals surface area contributed by atoms with Gasteiger partial charge in [-0.1, -0.05) is 30.3 Å². The smallest absolute Gasteiger partial charge is 0.306 e. The molecule has 2 rings (SSSR count). The molecule has 1 aliphatic carbocycles. The second-order valence-corrected chi connectivity index (χ2v) is 5.08. The normalized spacial score (nSPS) is 22.9. The summed E-state index contributed by atoms with van der Waals surface area (Å²) in [6.45, 7) is 0.603. The van der Waals surface area contributed by atoms with Gasteiger partial charge in [-0.05, 0) is 36.7 Å². The van der Waals surface area contributed by atoms with Crippen molar-refractivity contribution in [3.8, 4) is 0 Å². The molecule has 2 atom stereocenters. The number of esters is 1. The summed E-state index contributed by atoms with van der Waals surface area (Å²) in [5, 5.41) is 9.05. The highest BCUT2D eigenvalue weighted by atomic mass is 16.5. The summed E-state index contributed by atoms with van der Waals surface area (Å²) in [5.74, 6) is 0.657. The maximum Gasteiger partial charge on any atom is 0.306 e. The lowest BCUT2D eigenvalue weighted by Gasteiger charge is -2.10. The molecule has 3 heteroatoms. The largest absolute Gasteiger partial charge is 0.461 e. The minimum Gasteiger partial charge on any atom is -0.461 e. The molecule has 1 fully saturated rings. The van der Waals surface area contributed by atoms with Gasteiger partial charge in [-0.3, -0.25) is 4.79 Å². The number of aliphatic hydroxyl groups excluding tert-OH is 1. The molecule has 1 aromatic rings. The summed E-state index contributed by atoms with van der Waals surface area (Å²) in [6, 6.07) is 9.71. The fraction of sp³-hybridized carbons (Fsp3) is 0.533. The van der Waals surface area contributed by atoms with Crippen LogP contribution in [0.1, 0.15) is 31.2 Å². The average Bonchev–Trinajstić information content (AvgIpc) is 2.85. The topological polar surface area (TPSA) is 46.5 Å². The Kier molecular flexibility index (Phi) is 4.76. The Bertz CT molecular complexity index is 375. The molecule has 2 unspecified atom stereocenters. The van der Waals surface area contributed by atoms with Gasteiger partial charge >= 0.3 is 5.97 Å². The van der Waals surface area contributed by atoms with Crippen LogP contribution in [0.3, 0.4) is 0 Å². The highest BCUT2D eigenvalue weighted by molar-refractivity contribution is 5.69. The lowest BCUT2D eigenvalue weighted by atomic mass is 10.0. The van der Waals surface area contributed by atoms with E-state index >= 15 is 0 Å². The van der Waals surface area contributed by atoms with Crippen LogP contribution in [0.5, 0.6) is 0 Å². The number of carbonyl (C=O) groups excluding carboxylic acids is 1. The SMILES string of the molecule is O=C(CC1CCC(CO)C1)OCc1ccccc1. The minimum absolute atomic E-state index is 0.123. The van der Waals surface area contributed by atoms with Gasteiger partial charge in [0.2, 0.25) is 0 Å². The summed E-state index contributed by atoms with van der Waals surface area (Å²) < 4.78 is 5.26. The van der Waals surface area contributed by atoms with Crippen LogP contribution in [0.15, 0.2) is 30.3 Å². The zero-order valence-corrected chi connectivity index (χ0v) is 10.5. The Morgan fingerprint density at radius 2 is 1.94 bits per heavy atom. The van der Waals surface area contributed by atoms with Crippen LogP contribution in [0.2, 0.25) is 0 Å². The van der Waals surface area contributed by atoms with Crippen LogP contribution in [0.25, 0.3) is 0 Å². The number of hydrogen-bond donors (Lipinski definition) is 1. The Labute approximate surface area is 108 Å². The summed E-state index contributed by atoms with van der Waals surface area (Å²) in [7, 11) is 0. The predicted molar refractivity (Wildman–Crippen MR) is 68.8 cm³/mol. The lowest BCUT2D eigenvalue weighted by Crippen LogP contribution is -2.10. The van der Waals surface area contributed by atoms with E-state index in [1.54, 1.807) is 0 Å². The van der Waals surface area contributed by atoms with Gasteiger partial charge in [0.05, 0.1) is 0 Å². The third-order valence-corrected chi connectivity index (χ3v) is 3.61. The summed E-state index contributed by atoms with van der Waals surface area (Å²) in [5.41, 5.74) is 1.02. The standard InChI is InChI=1S/C15H20O3/c16-10-14-7-6-13(8-14)9-15(17)18-11-12-4-2-1-3-5-12/h1-5,13-14,16H,6-11H2. The van der Waals surface area contributed by atoms with E-state index in [1.807, 2.05) is 30.3 Å². The molecule has 1 N–H and O–H groups in total. The van der Waals surface area contributed by atoms with Crippen molar-refractivity contribution in [2.24, 2.45) is 11.8 Å². The molecule has 0 aromatic heterocycles. The fourth-order valence-electron chi connectivity index (χ4n) is 2.56. The highest BCUT2D eigenvalue weighted by Crippen LogP contribution is 2.32. The Balaban J connectivity index is 1.70. The van der Waals surface area contributed by atoms with E-state index in [0.29, 0.717) is 24.9 Å². The second-order valence-electron chi connectivity index (χ2n) is 5.08. The average molecular weight is 248 g/mol. The van der Waals surface area contributed by atoms with E-state index in [2.05, 4.69) is 0 Å². The van der Waals surface area contributed by atoms with Crippen molar-refractivity contribution in [1.29, 1.82) is 0 Å². The van der Waals surface area contributed by atoms with Crippen molar-refractivity contribution in [1.82, 2.24) is 0 Å². The number of benzene rings is 1. The molecule has 0 amide bonds. The van der Waals surface area contributed by atoms with Crippen LogP contribution in [-0.2, 0) is 16.1 Å². The van der Waals surface area contributed by atoms with E-state index in [9.17, 15) is 4.79 Å². The zero-order chi connectivity index (χ0) is 12.8. The third-order valence-electron chi connectivity index (χ3n) is 3.61. The maximum absolute atomic E-state index is 11.7. The molecule has 18 heavy (non-hydrogen) atoms. The molecule has 0 aliphatic heterocycles.